The Bertz CT molecular complexity index is 1170. The first-order chi connectivity index (χ1) is 16.6. The van der Waals surface area contributed by atoms with E-state index in [1.807, 2.05) is 6.07 Å². The molecule has 2 aromatic heterocycles. The summed E-state index contributed by atoms with van der Waals surface area (Å²) in [5.41, 5.74) is 1.46. The van der Waals surface area contributed by atoms with Gasteiger partial charge in [-0.15, -0.1) is 11.8 Å². The molecule has 12 heteroatoms. The van der Waals surface area contributed by atoms with Gasteiger partial charge in [-0.3, -0.25) is 4.57 Å². The van der Waals surface area contributed by atoms with Crippen LogP contribution in [-0.4, -0.2) is 86.1 Å². The fourth-order valence-corrected chi connectivity index (χ4v) is 5.23. The molecule has 0 amide bonds. The third-order valence-corrected chi connectivity index (χ3v) is 7.10. The smallest absolute Gasteiger partial charge is 0.338 e. The number of rotatable bonds is 7. The first-order valence-electron chi connectivity index (χ1n) is 10.9. The number of aliphatic hydroxyl groups is 2. The van der Waals surface area contributed by atoms with Crippen molar-refractivity contribution in [1.29, 1.82) is 0 Å². The zero-order chi connectivity index (χ0) is 23.7. The second kappa shape index (κ2) is 9.84. The van der Waals surface area contributed by atoms with E-state index in [1.54, 1.807) is 22.8 Å². The van der Waals surface area contributed by atoms with Crippen molar-refractivity contribution in [1.82, 2.24) is 19.5 Å². The van der Waals surface area contributed by atoms with Gasteiger partial charge in [0.1, 0.15) is 18.5 Å². The fourth-order valence-electron chi connectivity index (χ4n) is 4.13. The van der Waals surface area contributed by atoms with Crippen LogP contribution in [0.5, 0.6) is 0 Å². The highest BCUT2D eigenvalue weighted by molar-refractivity contribution is 7.99. The maximum absolute atomic E-state index is 12.0. The van der Waals surface area contributed by atoms with E-state index in [4.69, 9.17) is 14.2 Å². The summed E-state index contributed by atoms with van der Waals surface area (Å²) < 4.78 is 17.9. The number of nitrogens with one attached hydrogen (secondary N) is 1. The lowest BCUT2D eigenvalue weighted by molar-refractivity contribution is -0.0289. The number of carbonyl (C=O) groups is 1. The molecule has 0 unspecified atom stereocenters. The van der Waals surface area contributed by atoms with Gasteiger partial charge in [0.15, 0.2) is 23.2 Å². The van der Waals surface area contributed by atoms with Crippen LogP contribution in [0.3, 0.4) is 0 Å². The van der Waals surface area contributed by atoms with E-state index < -0.39 is 30.5 Å². The molecule has 2 aliphatic heterocycles. The Kier molecular flexibility index (Phi) is 6.66. The van der Waals surface area contributed by atoms with Crippen molar-refractivity contribution in [2.45, 2.75) is 41.9 Å². The zero-order valence-corrected chi connectivity index (χ0v) is 19.2. The van der Waals surface area contributed by atoms with Crippen molar-refractivity contribution < 1.29 is 29.2 Å². The van der Waals surface area contributed by atoms with Crippen molar-refractivity contribution in [3.05, 3.63) is 42.5 Å². The summed E-state index contributed by atoms with van der Waals surface area (Å²) >= 11 is 1.35. The molecule has 1 aromatic carbocycles. The summed E-state index contributed by atoms with van der Waals surface area (Å²) in [5, 5.41) is 24.8. The number of esters is 1. The second-order valence-corrected chi connectivity index (χ2v) is 9.16. The first-order valence-corrected chi connectivity index (χ1v) is 11.9. The molecule has 3 aromatic rings. The molecule has 180 valence electrons. The SMILES string of the molecule is COC(=O)c1ccccc1SC[C@H]1O[C@@H](n2cnc3c(N[C@@H]4CCOC4)ncnc32)[C@H](O)[C@H]1O. The van der Waals surface area contributed by atoms with Crippen LogP contribution in [0.2, 0.25) is 0 Å². The molecular formula is C22H25N5O6S. The number of benzene rings is 1. The lowest BCUT2D eigenvalue weighted by Gasteiger charge is -2.17. The maximum atomic E-state index is 12.0. The highest BCUT2D eigenvalue weighted by atomic mass is 32.2. The van der Waals surface area contributed by atoms with Crippen molar-refractivity contribution in [3.63, 3.8) is 0 Å². The molecule has 34 heavy (non-hydrogen) atoms. The number of nitrogens with zero attached hydrogens (tertiary/aromatic N) is 4. The Morgan fingerprint density at radius 1 is 1.26 bits per heavy atom. The Hall–Kier alpha value is -2.77. The van der Waals surface area contributed by atoms with Crippen LogP contribution < -0.4 is 5.32 Å². The van der Waals surface area contributed by atoms with Crippen LogP contribution in [0.15, 0.2) is 41.8 Å². The quantitative estimate of drug-likeness (QED) is 0.327. The van der Waals surface area contributed by atoms with Gasteiger partial charge in [-0.1, -0.05) is 12.1 Å². The van der Waals surface area contributed by atoms with E-state index in [0.717, 1.165) is 6.42 Å². The number of aliphatic hydroxyl groups excluding tert-OH is 2. The monoisotopic (exact) mass is 487 g/mol. The predicted octanol–water partition coefficient (Wildman–Crippen LogP) is 1.23. The van der Waals surface area contributed by atoms with Gasteiger partial charge >= 0.3 is 5.97 Å². The van der Waals surface area contributed by atoms with Gasteiger partial charge in [0.05, 0.1) is 37.8 Å². The van der Waals surface area contributed by atoms with Crippen LogP contribution >= 0.6 is 11.8 Å². The topological polar surface area (TPSA) is 141 Å². The third-order valence-electron chi connectivity index (χ3n) is 5.94. The Morgan fingerprint density at radius 2 is 2.12 bits per heavy atom. The molecule has 5 atom stereocenters. The van der Waals surface area contributed by atoms with Crippen molar-refractivity contribution in [3.8, 4) is 0 Å². The number of anilines is 1. The van der Waals surface area contributed by atoms with Gasteiger partial charge in [-0.05, 0) is 18.6 Å². The van der Waals surface area contributed by atoms with Crippen molar-refractivity contribution in [2.75, 3.05) is 31.4 Å². The number of thioether (sulfide) groups is 1. The second-order valence-electron chi connectivity index (χ2n) is 8.10. The maximum Gasteiger partial charge on any atom is 0.338 e. The molecule has 0 bridgehead atoms. The average molecular weight is 488 g/mol. The largest absolute Gasteiger partial charge is 0.465 e. The van der Waals surface area contributed by atoms with E-state index in [1.165, 1.54) is 31.5 Å². The van der Waals surface area contributed by atoms with Gasteiger partial charge in [-0.2, -0.15) is 0 Å². The van der Waals surface area contributed by atoms with Crippen LogP contribution in [0, 0.1) is 0 Å². The lowest BCUT2D eigenvalue weighted by atomic mass is 10.1. The number of imidazole rings is 1. The standard InChI is InChI=1S/C22H25N5O6S/c1-31-22(30)13-4-2-3-5-15(13)34-9-14-17(28)18(29)21(33-14)27-11-25-16-19(23-10-24-20(16)27)26-12-6-7-32-8-12/h2-5,10-12,14,17-18,21,28-29H,6-9H2,1H3,(H,23,24,26)/t12-,14-,17+,18-,21-/m1/s1. The summed E-state index contributed by atoms with van der Waals surface area (Å²) in [6, 6.07) is 7.20. The number of fused-ring (bicyclic) bond motifs is 1. The molecule has 2 aliphatic rings. The molecule has 0 spiro atoms. The van der Waals surface area contributed by atoms with Crippen molar-refractivity contribution >= 4 is 34.7 Å². The average Bonchev–Trinajstić information content (AvgIpc) is 3.59. The first kappa shape index (κ1) is 23.0. The van der Waals surface area contributed by atoms with Gasteiger partial charge in [-0.25, -0.2) is 19.7 Å². The number of carbonyl (C=O) groups excluding carboxylic acids is 1. The third kappa shape index (κ3) is 4.34. The molecule has 0 aliphatic carbocycles. The normalized spacial score (nSPS) is 26.7. The van der Waals surface area contributed by atoms with Crippen LogP contribution in [0.1, 0.15) is 23.0 Å². The van der Waals surface area contributed by atoms with E-state index in [-0.39, 0.29) is 6.04 Å². The number of hydrogen-bond acceptors (Lipinski definition) is 11. The minimum Gasteiger partial charge on any atom is -0.465 e. The molecular weight excluding hydrogens is 462 g/mol. The molecule has 5 rings (SSSR count). The zero-order valence-electron chi connectivity index (χ0n) is 18.4. The van der Waals surface area contributed by atoms with E-state index >= 15 is 0 Å². The van der Waals surface area contributed by atoms with Gasteiger partial charge in [0.2, 0.25) is 0 Å². The predicted molar refractivity (Wildman–Crippen MR) is 123 cm³/mol. The van der Waals surface area contributed by atoms with E-state index in [2.05, 4.69) is 20.3 Å². The van der Waals surface area contributed by atoms with Crippen molar-refractivity contribution in [2.24, 2.45) is 0 Å². The molecule has 0 saturated carbocycles. The summed E-state index contributed by atoms with van der Waals surface area (Å²) in [4.78, 5) is 25.8. The number of ether oxygens (including phenoxy) is 3. The minimum atomic E-state index is -1.19. The highest BCUT2D eigenvalue weighted by Gasteiger charge is 2.44. The fraction of sp³-hybridized carbons (Fsp3) is 0.455. The Balaban J connectivity index is 1.33. The number of aromatic nitrogens is 4. The molecule has 4 heterocycles. The van der Waals surface area contributed by atoms with E-state index in [0.29, 0.717) is 46.4 Å². The molecule has 2 fully saturated rings. The summed E-state index contributed by atoms with van der Waals surface area (Å²) in [6.45, 7) is 1.30. The number of hydrogen-bond donors (Lipinski definition) is 3. The molecule has 11 nitrogen and oxygen atoms in total. The molecule has 0 radical (unpaired) electrons. The highest BCUT2D eigenvalue weighted by Crippen LogP contribution is 2.35. The summed E-state index contributed by atoms with van der Waals surface area (Å²) in [6.07, 6.45) is -0.0429. The van der Waals surface area contributed by atoms with Gasteiger partial charge in [0, 0.05) is 17.3 Å². The Labute approximate surface area is 199 Å². The van der Waals surface area contributed by atoms with Crippen LogP contribution in [-0.2, 0) is 14.2 Å². The van der Waals surface area contributed by atoms with Gasteiger partial charge in [0.25, 0.3) is 0 Å². The van der Waals surface area contributed by atoms with Crippen LogP contribution in [0.4, 0.5) is 5.82 Å². The molecule has 2 saturated heterocycles. The van der Waals surface area contributed by atoms with Crippen LogP contribution in [0.25, 0.3) is 11.2 Å². The van der Waals surface area contributed by atoms with E-state index in [9.17, 15) is 15.0 Å². The van der Waals surface area contributed by atoms with Gasteiger partial charge < -0.3 is 29.7 Å². The number of methoxy groups -OCH3 is 1. The minimum absolute atomic E-state index is 0.146. The summed E-state index contributed by atoms with van der Waals surface area (Å²) in [7, 11) is 1.33. The molecule has 3 N–H and O–H groups in total. The summed E-state index contributed by atoms with van der Waals surface area (Å²) in [5.74, 6) is 0.463. The Morgan fingerprint density at radius 3 is 2.91 bits per heavy atom. The lowest BCUT2D eigenvalue weighted by Crippen LogP contribution is -2.32.